The molecule has 2 aromatic carbocycles. The minimum absolute atomic E-state index is 0.146. The van der Waals surface area contributed by atoms with Gasteiger partial charge in [0.25, 0.3) is 5.91 Å². The van der Waals surface area contributed by atoms with E-state index in [1.165, 1.54) is 11.1 Å². The van der Waals surface area contributed by atoms with Gasteiger partial charge in [0, 0.05) is 63.3 Å². The Morgan fingerprint density at radius 3 is 2.58 bits per heavy atom. The Morgan fingerprint density at radius 1 is 1.03 bits per heavy atom. The van der Waals surface area contributed by atoms with Crippen molar-refractivity contribution in [3.8, 4) is 0 Å². The van der Waals surface area contributed by atoms with Gasteiger partial charge in [-0.05, 0) is 57.2 Å². The van der Waals surface area contributed by atoms with E-state index in [4.69, 9.17) is 0 Å². The standard InChI is InChI=1S/C25H34N4O2S2/c1-33(31,32)29-17-23(18-29)26-22-8-7-20-10-14-28(25(30)24(20)15-22)12-4-11-27-13-9-19-5-2-3-6-21(19)16-27/h2-3,5-8,15,23,26,33H,4,9-14,16-18H2,1H3,(H,31,32). The molecule has 8 heteroatoms. The van der Waals surface area contributed by atoms with Gasteiger partial charge in [0.2, 0.25) is 0 Å². The molecule has 2 aromatic rings. The normalized spacial score (nSPS) is 20.2. The molecule has 0 aromatic heterocycles. The van der Waals surface area contributed by atoms with Gasteiger partial charge in [0.05, 0.1) is 6.04 Å². The number of carbonyl (C=O) groups is 1. The van der Waals surface area contributed by atoms with Crippen molar-refractivity contribution in [3.05, 3.63) is 64.7 Å². The quantitative estimate of drug-likeness (QED) is 0.416. The van der Waals surface area contributed by atoms with Crippen LogP contribution in [0.3, 0.4) is 0 Å². The van der Waals surface area contributed by atoms with Gasteiger partial charge in [0.1, 0.15) is 0 Å². The number of anilines is 1. The number of nitrogens with one attached hydrogen (secondary N) is 1. The van der Waals surface area contributed by atoms with E-state index in [-0.39, 0.29) is 11.9 Å². The molecule has 3 heterocycles. The van der Waals surface area contributed by atoms with Gasteiger partial charge in [-0.3, -0.25) is 13.9 Å². The van der Waals surface area contributed by atoms with Crippen molar-refractivity contribution < 1.29 is 9.00 Å². The molecular weight excluding hydrogens is 452 g/mol. The van der Waals surface area contributed by atoms with Crippen molar-refractivity contribution >= 4 is 32.4 Å². The number of rotatable bonds is 7. The third-order valence-electron chi connectivity index (χ3n) is 7.15. The third kappa shape index (κ3) is 5.14. The second kappa shape index (κ2) is 9.41. The van der Waals surface area contributed by atoms with E-state index in [1.54, 1.807) is 6.26 Å². The molecule has 0 spiro atoms. The lowest BCUT2D eigenvalue weighted by Crippen LogP contribution is -2.57. The first-order valence-electron chi connectivity index (χ1n) is 11.9. The highest BCUT2D eigenvalue weighted by Crippen LogP contribution is 2.27. The molecule has 0 unspecified atom stereocenters. The summed E-state index contributed by atoms with van der Waals surface area (Å²) >= 11 is 4.21. The summed E-state index contributed by atoms with van der Waals surface area (Å²) < 4.78 is 13.9. The molecule has 33 heavy (non-hydrogen) atoms. The maximum absolute atomic E-state index is 13.2. The number of amides is 1. The van der Waals surface area contributed by atoms with Gasteiger partial charge in [0.15, 0.2) is 0 Å². The van der Waals surface area contributed by atoms with Crippen LogP contribution in [-0.2, 0) is 28.5 Å². The van der Waals surface area contributed by atoms with E-state index in [9.17, 15) is 9.00 Å². The molecule has 0 bridgehead atoms. The zero-order valence-electron chi connectivity index (χ0n) is 19.2. The Hall–Kier alpha value is -1.87. The molecule has 5 rings (SSSR count). The molecule has 0 atom stereocenters. The van der Waals surface area contributed by atoms with Gasteiger partial charge in [-0.1, -0.05) is 42.0 Å². The summed E-state index contributed by atoms with van der Waals surface area (Å²) in [6, 6.07) is 15.1. The van der Waals surface area contributed by atoms with Crippen molar-refractivity contribution in [1.29, 1.82) is 0 Å². The molecular formula is C25H34N4O2S2. The fourth-order valence-electron chi connectivity index (χ4n) is 5.14. The Kier molecular flexibility index (Phi) is 6.53. The highest BCUT2D eigenvalue weighted by atomic mass is 33.1. The summed E-state index contributed by atoms with van der Waals surface area (Å²) in [5.74, 6) is 0.146. The van der Waals surface area contributed by atoms with Crippen LogP contribution in [0.15, 0.2) is 42.5 Å². The second-order valence-corrected chi connectivity index (χ2v) is 14.1. The minimum atomic E-state index is -2.46. The summed E-state index contributed by atoms with van der Waals surface area (Å²) in [6.45, 7) is 6.18. The Morgan fingerprint density at radius 2 is 1.79 bits per heavy atom. The lowest BCUT2D eigenvalue weighted by atomic mass is 9.97. The van der Waals surface area contributed by atoms with E-state index in [1.807, 2.05) is 15.3 Å². The third-order valence-corrected chi connectivity index (χ3v) is 9.28. The van der Waals surface area contributed by atoms with Crippen molar-refractivity contribution in [2.75, 3.05) is 50.8 Å². The van der Waals surface area contributed by atoms with E-state index in [0.717, 1.165) is 81.9 Å². The number of nitrogens with zero attached hydrogens (tertiary/aromatic N) is 3. The SMILES string of the molecule is C[SH](=O)(S)N1CC(Nc2ccc3c(c2)C(=O)N(CCCN2CCc4ccccc4C2)CC3)C1. The van der Waals surface area contributed by atoms with Crippen molar-refractivity contribution in [2.45, 2.75) is 31.8 Å². The molecule has 1 saturated heterocycles. The topological polar surface area (TPSA) is 55.9 Å². The predicted octanol–water partition coefficient (Wildman–Crippen LogP) is 2.64. The van der Waals surface area contributed by atoms with Crippen LogP contribution in [0.2, 0.25) is 0 Å². The maximum atomic E-state index is 13.2. The van der Waals surface area contributed by atoms with E-state index in [0.29, 0.717) is 0 Å². The average Bonchev–Trinajstić information content (AvgIpc) is 2.77. The number of hydrogen-bond acceptors (Lipinski definition) is 4. The van der Waals surface area contributed by atoms with Crippen molar-refractivity contribution in [3.63, 3.8) is 0 Å². The summed E-state index contributed by atoms with van der Waals surface area (Å²) in [6.07, 6.45) is 4.71. The molecule has 3 aliphatic rings. The Bertz CT molecular complexity index is 1080. The van der Waals surface area contributed by atoms with Crippen molar-refractivity contribution in [2.24, 2.45) is 0 Å². The molecule has 1 N–H and O–H groups in total. The Labute approximate surface area is 202 Å². The lowest BCUT2D eigenvalue weighted by molar-refractivity contribution is 0.0730. The van der Waals surface area contributed by atoms with Crippen LogP contribution in [0.4, 0.5) is 5.69 Å². The molecule has 6 nitrogen and oxygen atoms in total. The first kappa shape index (κ1) is 22.9. The highest BCUT2D eigenvalue weighted by molar-refractivity contribution is 8.68. The van der Waals surface area contributed by atoms with E-state index in [2.05, 4.69) is 58.3 Å². The highest BCUT2D eigenvalue weighted by Gasteiger charge is 2.32. The molecule has 178 valence electrons. The second-order valence-electron chi connectivity index (χ2n) is 9.61. The predicted molar refractivity (Wildman–Crippen MR) is 140 cm³/mol. The summed E-state index contributed by atoms with van der Waals surface area (Å²) in [5, 5.41) is 3.49. The van der Waals surface area contributed by atoms with Gasteiger partial charge in [-0.25, -0.2) is 4.31 Å². The molecule has 0 saturated carbocycles. The largest absolute Gasteiger partial charge is 0.380 e. The van der Waals surface area contributed by atoms with Gasteiger partial charge >= 0.3 is 0 Å². The summed E-state index contributed by atoms with van der Waals surface area (Å²) in [4.78, 5) is 17.7. The zero-order chi connectivity index (χ0) is 23.0. The fraction of sp³-hybridized carbons (Fsp3) is 0.480. The van der Waals surface area contributed by atoms with Crippen LogP contribution in [0.25, 0.3) is 0 Å². The molecule has 0 radical (unpaired) electrons. The summed E-state index contributed by atoms with van der Waals surface area (Å²) in [5.41, 5.74) is 5.84. The lowest BCUT2D eigenvalue weighted by Gasteiger charge is -2.44. The van der Waals surface area contributed by atoms with Crippen LogP contribution in [0.1, 0.15) is 33.5 Å². The van der Waals surface area contributed by atoms with Crippen LogP contribution >= 0.6 is 11.7 Å². The first-order chi connectivity index (χ1) is 15.9. The number of carbonyl (C=O) groups excluding carboxylic acids is 1. The van der Waals surface area contributed by atoms with Crippen LogP contribution < -0.4 is 5.32 Å². The summed E-state index contributed by atoms with van der Waals surface area (Å²) in [7, 11) is -2.46. The van der Waals surface area contributed by atoms with Gasteiger partial charge in [-0.2, -0.15) is 0 Å². The number of hydrogen-bond donors (Lipinski definition) is 3. The maximum Gasteiger partial charge on any atom is 0.254 e. The molecule has 1 amide bonds. The molecule has 1 fully saturated rings. The van der Waals surface area contributed by atoms with E-state index < -0.39 is 9.15 Å². The zero-order valence-corrected chi connectivity index (χ0v) is 21.0. The Balaban J connectivity index is 1.14. The van der Waals surface area contributed by atoms with Crippen LogP contribution in [0, 0.1) is 0 Å². The average molecular weight is 487 g/mol. The molecule has 3 aliphatic heterocycles. The monoisotopic (exact) mass is 486 g/mol. The van der Waals surface area contributed by atoms with E-state index >= 15 is 0 Å². The number of benzene rings is 2. The number of fused-ring (bicyclic) bond motifs is 2. The van der Waals surface area contributed by atoms with Crippen LogP contribution in [0.5, 0.6) is 0 Å². The smallest absolute Gasteiger partial charge is 0.254 e. The number of thiol groups is 2. The molecule has 0 aliphatic carbocycles. The minimum Gasteiger partial charge on any atom is -0.380 e. The fourth-order valence-corrected chi connectivity index (χ4v) is 6.58. The first-order valence-corrected chi connectivity index (χ1v) is 15.2. The van der Waals surface area contributed by atoms with Crippen LogP contribution in [-0.4, -0.2) is 75.8 Å². The van der Waals surface area contributed by atoms with Crippen molar-refractivity contribution in [1.82, 2.24) is 14.1 Å². The van der Waals surface area contributed by atoms with Gasteiger partial charge in [-0.15, -0.1) is 0 Å². The van der Waals surface area contributed by atoms with Gasteiger partial charge < -0.3 is 10.2 Å².